The number of nitrogens with zero attached hydrogens (tertiary/aromatic N) is 3. The number of carbonyl (C=O) groups is 4. The molecule has 2 heterocycles. The molecule has 2 aromatic carbocycles. The number of amides is 3. The molecule has 0 saturated heterocycles. The topological polar surface area (TPSA) is 169 Å². The minimum Gasteiger partial charge on any atom is -0.478 e. The van der Waals surface area contributed by atoms with Gasteiger partial charge in [0.25, 0.3) is 11.8 Å². The summed E-state index contributed by atoms with van der Waals surface area (Å²) < 4.78 is 1.32. The molecular weight excluding hydrogens is 488 g/mol. The van der Waals surface area contributed by atoms with Gasteiger partial charge in [-0.15, -0.1) is 0 Å². The molecule has 38 heavy (non-hydrogen) atoms. The Hall–Kier alpha value is -5.06. The first-order chi connectivity index (χ1) is 18.2. The van der Waals surface area contributed by atoms with Crippen molar-refractivity contribution in [2.24, 2.45) is 5.73 Å². The fourth-order valence-corrected chi connectivity index (χ4v) is 4.85. The Labute approximate surface area is 216 Å². The highest BCUT2D eigenvalue weighted by Gasteiger charge is 2.29. The van der Waals surface area contributed by atoms with Crippen molar-refractivity contribution in [3.05, 3.63) is 100.0 Å². The van der Waals surface area contributed by atoms with E-state index in [9.17, 15) is 24.3 Å². The number of rotatable bonds is 7. The van der Waals surface area contributed by atoms with Gasteiger partial charge in [-0.1, -0.05) is 36.4 Å². The van der Waals surface area contributed by atoms with Crippen LogP contribution in [0.4, 0.5) is 0 Å². The predicted molar refractivity (Wildman–Crippen MR) is 135 cm³/mol. The lowest BCUT2D eigenvalue weighted by Gasteiger charge is -2.17. The molecule has 0 aliphatic heterocycles. The number of aromatic carboxylic acids is 1. The highest BCUT2D eigenvalue weighted by Crippen LogP contribution is 2.35. The van der Waals surface area contributed by atoms with Crippen LogP contribution in [0.1, 0.15) is 72.1 Å². The lowest BCUT2D eigenvalue weighted by molar-refractivity contribution is -0.120. The van der Waals surface area contributed by atoms with Crippen molar-refractivity contribution in [3.63, 3.8) is 0 Å². The summed E-state index contributed by atoms with van der Waals surface area (Å²) >= 11 is 0. The zero-order chi connectivity index (χ0) is 27.0. The molecule has 0 unspecified atom stereocenters. The summed E-state index contributed by atoms with van der Waals surface area (Å²) in [5.41, 5.74) is 9.00. The summed E-state index contributed by atoms with van der Waals surface area (Å²) in [4.78, 5) is 54.4. The van der Waals surface area contributed by atoms with Crippen molar-refractivity contribution in [1.82, 2.24) is 25.2 Å². The largest absolute Gasteiger partial charge is 0.478 e. The number of nitrogens with one attached hydrogen (secondary N) is 2. The average molecular weight is 513 g/mol. The minimum absolute atomic E-state index is 0.0767. The summed E-state index contributed by atoms with van der Waals surface area (Å²) in [7, 11) is 0. The van der Waals surface area contributed by atoms with Gasteiger partial charge >= 0.3 is 5.97 Å². The quantitative estimate of drug-likeness (QED) is 0.294. The van der Waals surface area contributed by atoms with Crippen LogP contribution in [0, 0.1) is 6.92 Å². The number of carboxylic acids is 1. The van der Waals surface area contributed by atoms with Crippen LogP contribution >= 0.6 is 0 Å². The molecule has 2 aromatic heterocycles. The fourth-order valence-electron chi connectivity index (χ4n) is 4.85. The Morgan fingerprint density at radius 1 is 1.08 bits per heavy atom. The molecule has 0 radical (unpaired) electrons. The van der Waals surface area contributed by atoms with Crippen molar-refractivity contribution in [2.45, 2.75) is 31.8 Å². The zero-order valence-electron chi connectivity index (χ0n) is 20.3. The van der Waals surface area contributed by atoms with E-state index in [1.54, 1.807) is 55.5 Å². The first-order valence-electron chi connectivity index (χ1n) is 11.9. The standard InChI is InChI=1S/C27H24N6O5/c1-14-16-9-10-19(18(16)8-7-17(14)27(37)38)31-26(36)21-13-20(30-22-11-12-29-33(21)22)25(35)32-23(24(28)34)15-5-3-2-4-6-15/h2-8,11-13,19,23H,9-10H2,1H3,(H2,28,34)(H,31,36)(H,32,35)(H,37,38)/t19-,23+/m0/s1. The second-order valence-electron chi connectivity index (χ2n) is 9.02. The van der Waals surface area contributed by atoms with E-state index >= 15 is 0 Å². The van der Waals surface area contributed by atoms with Gasteiger partial charge in [0, 0.05) is 12.1 Å². The van der Waals surface area contributed by atoms with E-state index in [4.69, 9.17) is 5.73 Å². The molecule has 1 aliphatic rings. The Morgan fingerprint density at radius 3 is 2.55 bits per heavy atom. The van der Waals surface area contributed by atoms with Crippen LogP contribution < -0.4 is 16.4 Å². The molecule has 5 N–H and O–H groups in total. The van der Waals surface area contributed by atoms with Crippen LogP contribution in [0.3, 0.4) is 0 Å². The Morgan fingerprint density at radius 2 is 1.84 bits per heavy atom. The van der Waals surface area contributed by atoms with E-state index in [0.717, 1.165) is 11.1 Å². The minimum atomic E-state index is -1.09. The molecule has 11 nitrogen and oxygen atoms in total. The van der Waals surface area contributed by atoms with Gasteiger partial charge in [-0.3, -0.25) is 14.4 Å². The van der Waals surface area contributed by atoms with Crippen LogP contribution in [0.2, 0.25) is 0 Å². The number of carbonyl (C=O) groups excluding carboxylic acids is 3. The SMILES string of the molecule is Cc1c(C(=O)O)ccc2c1CC[C@@H]2NC(=O)c1cc(C(=O)N[C@@H](C(N)=O)c2ccccc2)nc2ccnn12. The fraction of sp³-hybridized carbons (Fsp3) is 0.185. The van der Waals surface area contributed by atoms with Gasteiger partial charge in [-0.25, -0.2) is 14.3 Å². The predicted octanol–water partition coefficient (Wildman–Crippen LogP) is 2.11. The number of fused-ring (bicyclic) bond motifs is 2. The molecule has 0 bridgehead atoms. The molecule has 0 spiro atoms. The number of hydrogen-bond donors (Lipinski definition) is 4. The van der Waals surface area contributed by atoms with Gasteiger partial charge in [0.05, 0.1) is 17.8 Å². The lowest BCUT2D eigenvalue weighted by Crippen LogP contribution is -2.38. The molecule has 2 atom stereocenters. The number of aromatic nitrogens is 3. The number of hydrogen-bond acceptors (Lipinski definition) is 6. The molecule has 1 aliphatic carbocycles. The smallest absolute Gasteiger partial charge is 0.335 e. The van der Waals surface area contributed by atoms with Crippen LogP contribution in [-0.4, -0.2) is 43.4 Å². The Balaban J connectivity index is 1.43. The van der Waals surface area contributed by atoms with Crippen molar-refractivity contribution in [2.75, 3.05) is 0 Å². The Kier molecular flexibility index (Phi) is 6.33. The second kappa shape index (κ2) is 9.77. The van der Waals surface area contributed by atoms with E-state index < -0.39 is 29.7 Å². The number of benzene rings is 2. The Bertz CT molecular complexity index is 1600. The van der Waals surface area contributed by atoms with Crippen molar-refractivity contribution in [1.29, 1.82) is 0 Å². The van der Waals surface area contributed by atoms with Gasteiger partial charge in [-0.2, -0.15) is 5.10 Å². The van der Waals surface area contributed by atoms with Gasteiger partial charge in [0.1, 0.15) is 17.4 Å². The van der Waals surface area contributed by atoms with Gasteiger partial charge < -0.3 is 21.5 Å². The molecule has 0 fully saturated rings. The summed E-state index contributed by atoms with van der Waals surface area (Å²) in [5, 5.41) is 19.2. The maximum absolute atomic E-state index is 13.4. The first kappa shape index (κ1) is 24.6. The van der Waals surface area contributed by atoms with E-state index in [1.807, 2.05) is 0 Å². The van der Waals surface area contributed by atoms with Gasteiger partial charge in [0.15, 0.2) is 5.65 Å². The highest BCUT2D eigenvalue weighted by molar-refractivity contribution is 6.00. The van der Waals surface area contributed by atoms with Gasteiger partial charge in [-0.05, 0) is 48.1 Å². The third-order valence-corrected chi connectivity index (χ3v) is 6.75. The van der Waals surface area contributed by atoms with E-state index in [-0.39, 0.29) is 28.6 Å². The van der Waals surface area contributed by atoms with Crippen molar-refractivity contribution >= 4 is 29.3 Å². The third-order valence-electron chi connectivity index (χ3n) is 6.75. The molecule has 5 rings (SSSR count). The average Bonchev–Trinajstić information content (AvgIpc) is 3.54. The molecule has 0 saturated carbocycles. The number of nitrogens with two attached hydrogens (primary N) is 1. The zero-order valence-corrected chi connectivity index (χ0v) is 20.3. The van der Waals surface area contributed by atoms with Crippen molar-refractivity contribution in [3.8, 4) is 0 Å². The summed E-state index contributed by atoms with van der Waals surface area (Å²) in [6, 6.07) is 13.3. The first-order valence-corrected chi connectivity index (χ1v) is 11.9. The number of primary amides is 1. The number of carboxylic acid groups (broad SMARTS) is 1. The second-order valence-corrected chi connectivity index (χ2v) is 9.02. The van der Waals surface area contributed by atoms with Crippen LogP contribution in [0.15, 0.2) is 60.8 Å². The van der Waals surface area contributed by atoms with Gasteiger partial charge in [0.2, 0.25) is 5.91 Å². The molecule has 4 aromatic rings. The molecule has 3 amide bonds. The summed E-state index contributed by atoms with van der Waals surface area (Å²) in [5.74, 6) is -2.90. The lowest BCUT2D eigenvalue weighted by atomic mass is 9.98. The van der Waals surface area contributed by atoms with Crippen LogP contribution in [0.25, 0.3) is 5.65 Å². The highest BCUT2D eigenvalue weighted by atomic mass is 16.4. The third kappa shape index (κ3) is 4.45. The maximum Gasteiger partial charge on any atom is 0.335 e. The van der Waals surface area contributed by atoms with E-state index in [1.165, 1.54) is 16.8 Å². The normalized spacial score (nSPS) is 15.0. The summed E-state index contributed by atoms with van der Waals surface area (Å²) in [6.45, 7) is 1.77. The molecule has 192 valence electrons. The van der Waals surface area contributed by atoms with Crippen LogP contribution in [0.5, 0.6) is 0 Å². The summed E-state index contributed by atoms with van der Waals surface area (Å²) in [6.07, 6.45) is 2.68. The monoisotopic (exact) mass is 512 g/mol. The van der Waals surface area contributed by atoms with E-state index in [0.29, 0.717) is 24.0 Å². The molecule has 11 heteroatoms. The maximum atomic E-state index is 13.4. The molecular formula is C27H24N6O5. The van der Waals surface area contributed by atoms with Crippen molar-refractivity contribution < 1.29 is 24.3 Å². The van der Waals surface area contributed by atoms with Crippen LogP contribution in [-0.2, 0) is 11.2 Å². The van der Waals surface area contributed by atoms with E-state index in [2.05, 4.69) is 20.7 Å².